The fraction of sp³-hybridized carbons (Fsp3) is 0.727. The smallest absolute Gasteiger partial charge is 0.104 e. The average molecular weight is 319 g/mol. The van der Waals surface area contributed by atoms with Crippen molar-refractivity contribution in [3.8, 4) is 0 Å². The minimum atomic E-state index is 1.11. The summed E-state index contributed by atoms with van der Waals surface area (Å²) in [5, 5.41) is 0. The zero-order chi connectivity index (χ0) is 17.0. The molecule has 23 heavy (non-hydrogen) atoms. The highest BCUT2D eigenvalue weighted by Crippen LogP contribution is 2.16. The standard InChI is InChI=1S/C22H40N/c1-5-6-7-8-9-10-11-12-13-16-19-23(3,4)20-22-18-15-14-17-21(22)2/h14-15,17-18H,5-13,16,19-20H2,1-4H3/q+1. The summed E-state index contributed by atoms with van der Waals surface area (Å²) >= 11 is 0. The number of rotatable bonds is 13. The van der Waals surface area contributed by atoms with Crippen molar-refractivity contribution in [1.29, 1.82) is 0 Å². The topological polar surface area (TPSA) is 0 Å². The first kappa shape index (κ1) is 20.2. The molecular formula is C22H40N+. The van der Waals surface area contributed by atoms with Crippen LogP contribution in [0.1, 0.15) is 82.3 Å². The summed E-state index contributed by atoms with van der Waals surface area (Å²) in [4.78, 5) is 0. The Morgan fingerprint density at radius 3 is 1.83 bits per heavy atom. The maximum absolute atomic E-state index is 2.38. The van der Waals surface area contributed by atoms with Gasteiger partial charge < -0.3 is 4.48 Å². The molecule has 1 nitrogen and oxygen atoms in total. The van der Waals surface area contributed by atoms with Gasteiger partial charge in [-0.05, 0) is 25.3 Å². The second kappa shape index (κ2) is 11.7. The van der Waals surface area contributed by atoms with E-state index in [1.54, 1.807) is 0 Å². The van der Waals surface area contributed by atoms with E-state index in [1.807, 2.05) is 0 Å². The van der Waals surface area contributed by atoms with E-state index in [9.17, 15) is 0 Å². The normalized spacial score (nSPS) is 11.8. The zero-order valence-electron chi connectivity index (χ0n) is 16.2. The number of unbranched alkanes of at least 4 members (excludes halogenated alkanes) is 9. The third-order valence-corrected chi connectivity index (χ3v) is 4.98. The van der Waals surface area contributed by atoms with Gasteiger partial charge in [-0.25, -0.2) is 0 Å². The van der Waals surface area contributed by atoms with Gasteiger partial charge in [0.15, 0.2) is 0 Å². The molecule has 0 aliphatic carbocycles. The fourth-order valence-electron chi connectivity index (χ4n) is 3.35. The Balaban J connectivity index is 2.07. The van der Waals surface area contributed by atoms with Gasteiger partial charge in [-0.3, -0.25) is 0 Å². The molecule has 0 aromatic heterocycles. The molecule has 0 atom stereocenters. The number of benzene rings is 1. The molecule has 1 aromatic carbocycles. The molecule has 0 radical (unpaired) electrons. The number of quaternary nitrogens is 1. The van der Waals surface area contributed by atoms with Crippen LogP contribution < -0.4 is 0 Å². The van der Waals surface area contributed by atoms with E-state index in [0.717, 1.165) is 11.0 Å². The van der Waals surface area contributed by atoms with Crippen LogP contribution in [-0.4, -0.2) is 25.1 Å². The van der Waals surface area contributed by atoms with Crippen molar-refractivity contribution in [3.63, 3.8) is 0 Å². The third-order valence-electron chi connectivity index (χ3n) is 4.98. The zero-order valence-corrected chi connectivity index (χ0v) is 16.2. The summed E-state index contributed by atoms with van der Waals surface area (Å²) in [6.07, 6.45) is 14.2. The summed E-state index contributed by atoms with van der Waals surface area (Å²) in [5.41, 5.74) is 2.94. The molecule has 132 valence electrons. The van der Waals surface area contributed by atoms with Crippen LogP contribution in [0.4, 0.5) is 0 Å². The monoisotopic (exact) mass is 318 g/mol. The number of nitrogens with zero attached hydrogens (tertiary/aromatic N) is 1. The van der Waals surface area contributed by atoms with E-state index in [1.165, 1.54) is 81.9 Å². The lowest BCUT2D eigenvalue weighted by atomic mass is 10.1. The van der Waals surface area contributed by atoms with Crippen molar-refractivity contribution in [1.82, 2.24) is 0 Å². The SMILES string of the molecule is CCCCCCCCCCCC[N+](C)(C)Cc1ccccc1C. The van der Waals surface area contributed by atoms with Crippen molar-refractivity contribution in [3.05, 3.63) is 35.4 Å². The summed E-state index contributed by atoms with van der Waals surface area (Å²) in [6, 6.07) is 8.83. The van der Waals surface area contributed by atoms with Gasteiger partial charge in [0.2, 0.25) is 0 Å². The van der Waals surface area contributed by atoms with Crippen LogP contribution in [0.5, 0.6) is 0 Å². The lowest BCUT2D eigenvalue weighted by Crippen LogP contribution is -2.39. The summed E-state index contributed by atoms with van der Waals surface area (Å²) in [7, 11) is 4.75. The molecule has 0 N–H and O–H groups in total. The summed E-state index contributed by atoms with van der Waals surface area (Å²) < 4.78 is 1.11. The Bertz CT molecular complexity index is 408. The highest BCUT2D eigenvalue weighted by Gasteiger charge is 2.16. The molecule has 0 saturated heterocycles. The lowest BCUT2D eigenvalue weighted by molar-refractivity contribution is -0.903. The van der Waals surface area contributed by atoms with Gasteiger partial charge in [-0.15, -0.1) is 0 Å². The van der Waals surface area contributed by atoms with Crippen molar-refractivity contribution < 1.29 is 4.48 Å². The van der Waals surface area contributed by atoms with E-state index in [-0.39, 0.29) is 0 Å². The average Bonchev–Trinajstić information content (AvgIpc) is 2.51. The number of hydrogen-bond donors (Lipinski definition) is 0. The van der Waals surface area contributed by atoms with E-state index in [2.05, 4.69) is 52.2 Å². The molecule has 1 heteroatoms. The molecule has 0 bridgehead atoms. The molecule has 0 aliphatic heterocycles. The van der Waals surface area contributed by atoms with Gasteiger partial charge in [0.1, 0.15) is 6.54 Å². The van der Waals surface area contributed by atoms with E-state index < -0.39 is 0 Å². The molecule has 0 unspecified atom stereocenters. The molecule has 0 aliphatic rings. The van der Waals surface area contributed by atoms with Crippen LogP contribution in [-0.2, 0) is 6.54 Å². The molecule has 0 fully saturated rings. The first-order valence-corrected chi connectivity index (χ1v) is 9.91. The second-order valence-electron chi connectivity index (χ2n) is 7.93. The number of hydrogen-bond acceptors (Lipinski definition) is 0. The predicted molar refractivity (Wildman–Crippen MR) is 104 cm³/mol. The van der Waals surface area contributed by atoms with Gasteiger partial charge in [-0.1, -0.05) is 82.6 Å². The van der Waals surface area contributed by atoms with E-state index in [4.69, 9.17) is 0 Å². The Kier molecular flexibility index (Phi) is 10.3. The summed E-state index contributed by atoms with van der Waals surface area (Å²) in [5.74, 6) is 0. The first-order valence-electron chi connectivity index (χ1n) is 9.91. The van der Waals surface area contributed by atoms with Crippen molar-refractivity contribution >= 4 is 0 Å². The Hall–Kier alpha value is -0.820. The maximum Gasteiger partial charge on any atom is 0.104 e. The Morgan fingerprint density at radius 2 is 1.26 bits per heavy atom. The Labute approximate surface area is 145 Å². The minimum Gasteiger partial charge on any atom is -0.325 e. The quantitative estimate of drug-likeness (QED) is 0.288. The largest absolute Gasteiger partial charge is 0.325 e. The second-order valence-corrected chi connectivity index (χ2v) is 7.93. The Morgan fingerprint density at radius 1 is 0.739 bits per heavy atom. The minimum absolute atomic E-state index is 1.11. The van der Waals surface area contributed by atoms with Crippen molar-refractivity contribution in [2.45, 2.75) is 84.6 Å². The van der Waals surface area contributed by atoms with Crippen molar-refractivity contribution in [2.75, 3.05) is 20.6 Å². The van der Waals surface area contributed by atoms with E-state index >= 15 is 0 Å². The first-order chi connectivity index (χ1) is 11.0. The highest BCUT2D eigenvalue weighted by atomic mass is 15.3. The van der Waals surface area contributed by atoms with Gasteiger partial charge in [0, 0.05) is 5.56 Å². The van der Waals surface area contributed by atoms with Gasteiger partial charge in [0.25, 0.3) is 0 Å². The highest BCUT2D eigenvalue weighted by molar-refractivity contribution is 5.24. The lowest BCUT2D eigenvalue weighted by Gasteiger charge is -2.30. The fourth-order valence-corrected chi connectivity index (χ4v) is 3.35. The van der Waals surface area contributed by atoms with Crippen LogP contribution >= 0.6 is 0 Å². The summed E-state index contributed by atoms with van der Waals surface area (Å²) in [6.45, 7) is 6.98. The van der Waals surface area contributed by atoms with Crippen molar-refractivity contribution in [2.24, 2.45) is 0 Å². The maximum atomic E-state index is 2.38. The van der Waals surface area contributed by atoms with Crippen LogP contribution in [0.3, 0.4) is 0 Å². The molecule has 0 saturated carbocycles. The van der Waals surface area contributed by atoms with Gasteiger partial charge >= 0.3 is 0 Å². The van der Waals surface area contributed by atoms with E-state index in [0.29, 0.717) is 0 Å². The molecule has 1 rings (SSSR count). The molecule has 0 amide bonds. The van der Waals surface area contributed by atoms with Crippen LogP contribution in [0.15, 0.2) is 24.3 Å². The number of aryl methyl sites for hydroxylation is 1. The molecule has 0 heterocycles. The molecule has 1 aromatic rings. The van der Waals surface area contributed by atoms with Gasteiger partial charge in [0.05, 0.1) is 20.6 Å². The predicted octanol–water partition coefficient (Wildman–Crippen LogP) is 6.49. The molecular weight excluding hydrogens is 278 g/mol. The van der Waals surface area contributed by atoms with Crippen LogP contribution in [0, 0.1) is 6.92 Å². The van der Waals surface area contributed by atoms with Crippen LogP contribution in [0.25, 0.3) is 0 Å². The molecule has 0 spiro atoms. The third kappa shape index (κ3) is 9.81. The van der Waals surface area contributed by atoms with Gasteiger partial charge in [-0.2, -0.15) is 0 Å². The van der Waals surface area contributed by atoms with Crippen LogP contribution in [0.2, 0.25) is 0 Å².